The maximum Gasteiger partial charge on any atom is 0.263 e. The van der Waals surface area contributed by atoms with Gasteiger partial charge < -0.3 is 16.0 Å². The number of piperidine rings is 1. The molecule has 3 N–H and O–H groups in total. The summed E-state index contributed by atoms with van der Waals surface area (Å²) in [5, 5.41) is 3.93. The summed E-state index contributed by atoms with van der Waals surface area (Å²) in [6, 6.07) is 1.94. The van der Waals surface area contributed by atoms with Crippen LogP contribution < -0.4 is 16.0 Å². The molecule has 2 unspecified atom stereocenters. The molecule has 0 aliphatic carbocycles. The van der Waals surface area contributed by atoms with E-state index in [9.17, 15) is 4.79 Å². The molecular weight excluding hydrogens is 258 g/mol. The second-order valence-corrected chi connectivity index (χ2v) is 6.61. The minimum absolute atomic E-state index is 0.0608. The van der Waals surface area contributed by atoms with Gasteiger partial charge in [-0.2, -0.15) is 0 Å². The minimum atomic E-state index is -0.0608. The number of carbonyl (C=O) groups is 1. The first-order chi connectivity index (χ1) is 9.01. The van der Waals surface area contributed by atoms with Crippen molar-refractivity contribution < 1.29 is 4.79 Å². The van der Waals surface area contributed by atoms with Gasteiger partial charge in [0.05, 0.1) is 10.7 Å². The van der Waals surface area contributed by atoms with Crippen molar-refractivity contribution in [3.8, 4) is 0 Å². The van der Waals surface area contributed by atoms with Crippen molar-refractivity contribution in [2.24, 2.45) is 11.8 Å². The number of nitrogens with zero attached hydrogens (tertiary/aromatic N) is 1. The molecule has 106 valence electrons. The molecule has 0 bridgehead atoms. The summed E-state index contributed by atoms with van der Waals surface area (Å²) in [5.41, 5.74) is 6.57. The molecule has 1 saturated heterocycles. The molecule has 1 aromatic heterocycles. The Morgan fingerprint density at radius 1 is 1.47 bits per heavy atom. The second-order valence-electron chi connectivity index (χ2n) is 5.58. The number of nitrogen functional groups attached to an aromatic ring is 1. The van der Waals surface area contributed by atoms with Gasteiger partial charge in [-0.25, -0.2) is 0 Å². The Morgan fingerprint density at radius 2 is 2.11 bits per heavy atom. The van der Waals surface area contributed by atoms with Gasteiger partial charge >= 0.3 is 0 Å². The first-order valence-electron chi connectivity index (χ1n) is 6.93. The summed E-state index contributed by atoms with van der Waals surface area (Å²) >= 11 is 1.51. The lowest BCUT2D eigenvalue weighted by Gasteiger charge is -2.35. The lowest BCUT2D eigenvalue weighted by atomic mass is 9.92. The van der Waals surface area contributed by atoms with Crippen LogP contribution in [0.25, 0.3) is 0 Å². The number of hydrogen-bond acceptors (Lipinski definition) is 4. The zero-order valence-corrected chi connectivity index (χ0v) is 12.7. The Labute approximate surface area is 119 Å². The van der Waals surface area contributed by atoms with Gasteiger partial charge in [0, 0.05) is 19.6 Å². The Bertz CT molecular complexity index is 448. The van der Waals surface area contributed by atoms with Crippen LogP contribution in [0, 0.1) is 11.8 Å². The second kappa shape index (κ2) is 5.82. The van der Waals surface area contributed by atoms with E-state index < -0.39 is 0 Å². The number of thiophene rings is 1. The summed E-state index contributed by atoms with van der Waals surface area (Å²) in [5.74, 6) is 1.33. The lowest BCUT2D eigenvalue weighted by Crippen LogP contribution is -2.38. The third kappa shape index (κ3) is 3.21. The van der Waals surface area contributed by atoms with Gasteiger partial charge in [0.15, 0.2) is 0 Å². The smallest absolute Gasteiger partial charge is 0.263 e. The van der Waals surface area contributed by atoms with Gasteiger partial charge in [-0.3, -0.25) is 4.79 Å². The van der Waals surface area contributed by atoms with Gasteiger partial charge in [-0.05, 0) is 31.2 Å². The largest absolute Gasteiger partial charge is 0.397 e. The third-order valence-electron chi connectivity index (χ3n) is 3.47. The van der Waals surface area contributed by atoms with Gasteiger partial charge in [-0.1, -0.05) is 13.8 Å². The molecule has 4 nitrogen and oxygen atoms in total. The first kappa shape index (κ1) is 14.2. The predicted octanol–water partition coefficient (Wildman–Crippen LogP) is 2.56. The van der Waals surface area contributed by atoms with Crippen LogP contribution in [-0.2, 0) is 0 Å². The number of hydrogen-bond donors (Lipinski definition) is 2. The first-order valence-corrected chi connectivity index (χ1v) is 7.75. The quantitative estimate of drug-likeness (QED) is 0.895. The van der Waals surface area contributed by atoms with Crippen LogP contribution in [0.3, 0.4) is 0 Å². The molecular formula is C14H23N3OS. The summed E-state index contributed by atoms with van der Waals surface area (Å²) in [7, 11) is 0. The lowest BCUT2D eigenvalue weighted by molar-refractivity contribution is 0.0960. The molecule has 5 heteroatoms. The fourth-order valence-corrected chi connectivity index (χ4v) is 3.82. The summed E-state index contributed by atoms with van der Waals surface area (Å²) in [4.78, 5) is 14.9. The average Bonchev–Trinajstić information content (AvgIpc) is 2.70. The predicted molar refractivity (Wildman–Crippen MR) is 81.9 cm³/mol. The fraction of sp³-hybridized carbons (Fsp3) is 0.643. The highest BCUT2D eigenvalue weighted by Gasteiger charge is 2.24. The number of rotatable bonds is 3. The van der Waals surface area contributed by atoms with Crippen LogP contribution >= 0.6 is 11.3 Å². The number of nitrogens with one attached hydrogen (secondary N) is 1. The van der Waals surface area contributed by atoms with E-state index in [0.717, 1.165) is 18.1 Å². The van der Waals surface area contributed by atoms with E-state index in [1.165, 1.54) is 17.8 Å². The molecule has 0 saturated carbocycles. The van der Waals surface area contributed by atoms with Crippen LogP contribution in [0.2, 0.25) is 0 Å². The van der Waals surface area contributed by atoms with Gasteiger partial charge in [0.25, 0.3) is 5.91 Å². The normalized spacial score (nSPS) is 23.4. The SMILES string of the molecule is CCNC(=O)c1sc(N2CC(C)CC(C)C2)cc1N. The Morgan fingerprint density at radius 3 is 2.68 bits per heavy atom. The van der Waals surface area contributed by atoms with Crippen LogP contribution in [0.1, 0.15) is 36.9 Å². The van der Waals surface area contributed by atoms with Crippen LogP contribution in [0.5, 0.6) is 0 Å². The summed E-state index contributed by atoms with van der Waals surface area (Å²) < 4.78 is 0. The number of nitrogens with two attached hydrogens (primary N) is 1. The topological polar surface area (TPSA) is 58.4 Å². The highest BCUT2D eigenvalue weighted by Crippen LogP contribution is 2.35. The van der Waals surface area contributed by atoms with Gasteiger partial charge in [0.2, 0.25) is 0 Å². The van der Waals surface area contributed by atoms with Crippen molar-refractivity contribution >= 4 is 27.9 Å². The van der Waals surface area contributed by atoms with Crippen LogP contribution in [0.15, 0.2) is 6.07 Å². The molecule has 2 heterocycles. The van der Waals surface area contributed by atoms with E-state index >= 15 is 0 Å². The molecule has 0 radical (unpaired) electrons. The van der Waals surface area contributed by atoms with E-state index in [0.29, 0.717) is 28.9 Å². The van der Waals surface area contributed by atoms with Crippen molar-refractivity contribution in [3.05, 3.63) is 10.9 Å². The summed E-state index contributed by atoms with van der Waals surface area (Å²) in [6.07, 6.45) is 1.28. The Hall–Kier alpha value is -1.23. The highest BCUT2D eigenvalue weighted by atomic mass is 32.1. The van der Waals surface area contributed by atoms with Crippen molar-refractivity contribution in [1.82, 2.24) is 5.32 Å². The molecule has 1 aliphatic rings. The number of carbonyl (C=O) groups excluding carboxylic acids is 1. The van der Waals surface area contributed by atoms with Crippen molar-refractivity contribution in [1.29, 1.82) is 0 Å². The zero-order chi connectivity index (χ0) is 14.0. The maximum absolute atomic E-state index is 11.9. The number of amides is 1. The molecule has 2 rings (SSSR count). The summed E-state index contributed by atoms with van der Waals surface area (Å²) in [6.45, 7) is 9.22. The fourth-order valence-electron chi connectivity index (χ4n) is 2.81. The van der Waals surface area contributed by atoms with Crippen molar-refractivity contribution in [2.45, 2.75) is 27.2 Å². The third-order valence-corrected chi connectivity index (χ3v) is 4.68. The van der Waals surface area contributed by atoms with Crippen molar-refractivity contribution in [2.75, 3.05) is 30.3 Å². The van der Waals surface area contributed by atoms with Crippen molar-refractivity contribution in [3.63, 3.8) is 0 Å². The van der Waals surface area contributed by atoms with E-state index in [2.05, 4.69) is 24.1 Å². The standard InChI is InChI=1S/C14H23N3OS/c1-4-16-14(18)13-11(15)6-12(19-13)17-7-9(2)5-10(3)8-17/h6,9-10H,4-5,7-8,15H2,1-3H3,(H,16,18). The molecule has 1 aliphatic heterocycles. The van der Waals surface area contributed by atoms with Gasteiger partial charge in [-0.15, -0.1) is 11.3 Å². The van der Waals surface area contributed by atoms with Crippen LogP contribution in [0.4, 0.5) is 10.7 Å². The highest BCUT2D eigenvalue weighted by molar-refractivity contribution is 7.18. The monoisotopic (exact) mass is 281 g/mol. The average molecular weight is 281 g/mol. The van der Waals surface area contributed by atoms with E-state index in [1.54, 1.807) is 0 Å². The van der Waals surface area contributed by atoms with E-state index in [1.807, 2.05) is 13.0 Å². The Kier molecular flexibility index (Phi) is 4.34. The molecule has 0 aromatic carbocycles. The molecule has 1 fully saturated rings. The van der Waals surface area contributed by atoms with E-state index in [4.69, 9.17) is 5.73 Å². The van der Waals surface area contributed by atoms with Gasteiger partial charge in [0.1, 0.15) is 4.88 Å². The minimum Gasteiger partial charge on any atom is -0.397 e. The zero-order valence-electron chi connectivity index (χ0n) is 11.9. The Balaban J connectivity index is 2.17. The number of anilines is 2. The molecule has 19 heavy (non-hydrogen) atoms. The molecule has 0 spiro atoms. The maximum atomic E-state index is 11.9. The molecule has 2 atom stereocenters. The molecule has 1 amide bonds. The van der Waals surface area contributed by atoms with Crippen LogP contribution in [-0.4, -0.2) is 25.5 Å². The van der Waals surface area contributed by atoms with E-state index in [-0.39, 0.29) is 5.91 Å². The molecule has 1 aromatic rings.